The Bertz CT molecular complexity index is 1210. The predicted molar refractivity (Wildman–Crippen MR) is 144 cm³/mol. The van der Waals surface area contributed by atoms with Crippen LogP contribution >= 0.6 is 0 Å². The van der Waals surface area contributed by atoms with Crippen molar-refractivity contribution >= 4 is 29.4 Å². The SMILES string of the molecule is CCN(CC)c1ccc(N=CC=C2C=C(C(C#N)=Cc3ccc([N+](=O)[O-])cc3)CC(C)(C)C2)cc1. The van der Waals surface area contributed by atoms with Crippen LogP contribution in [0.2, 0.25) is 0 Å². The summed E-state index contributed by atoms with van der Waals surface area (Å²) in [5.41, 5.74) is 5.53. The second-order valence-corrected chi connectivity index (χ2v) is 9.41. The van der Waals surface area contributed by atoms with Crippen molar-refractivity contribution in [3.8, 4) is 6.07 Å². The maximum absolute atomic E-state index is 10.9. The maximum atomic E-state index is 10.9. The van der Waals surface area contributed by atoms with E-state index in [0.29, 0.717) is 5.57 Å². The monoisotopic (exact) mass is 468 g/mol. The standard InChI is InChI=1S/C29H32N4O2/c1-5-32(6-2)27-13-9-26(10-14-27)31-16-15-23-18-24(20-29(3,4)19-23)25(21-30)17-22-7-11-28(12-8-22)33(34)35/h7-18H,5-6,19-20H2,1-4H3. The molecule has 3 rings (SSSR count). The summed E-state index contributed by atoms with van der Waals surface area (Å²) in [7, 11) is 0. The Kier molecular flexibility index (Phi) is 8.38. The first-order chi connectivity index (χ1) is 16.7. The van der Waals surface area contributed by atoms with Crippen LogP contribution in [0.5, 0.6) is 0 Å². The molecular weight excluding hydrogens is 436 g/mol. The molecule has 0 unspecified atom stereocenters. The molecule has 1 aliphatic rings. The van der Waals surface area contributed by atoms with Crippen molar-refractivity contribution in [2.75, 3.05) is 18.0 Å². The van der Waals surface area contributed by atoms with Gasteiger partial charge in [0.1, 0.15) is 0 Å². The fraction of sp³-hybridized carbons (Fsp3) is 0.310. The summed E-state index contributed by atoms with van der Waals surface area (Å²) in [6.07, 6.45) is 9.37. The molecule has 0 atom stereocenters. The molecule has 35 heavy (non-hydrogen) atoms. The number of nitro benzene ring substituents is 1. The minimum Gasteiger partial charge on any atom is -0.372 e. The van der Waals surface area contributed by atoms with E-state index in [0.717, 1.165) is 48.3 Å². The summed E-state index contributed by atoms with van der Waals surface area (Å²) in [5, 5.41) is 20.7. The Morgan fingerprint density at radius 1 is 1.11 bits per heavy atom. The van der Waals surface area contributed by atoms with Crippen molar-refractivity contribution in [3.63, 3.8) is 0 Å². The molecule has 0 aliphatic heterocycles. The second kappa shape index (κ2) is 11.4. The highest BCUT2D eigenvalue weighted by atomic mass is 16.6. The Morgan fingerprint density at radius 2 is 1.77 bits per heavy atom. The number of nitrogens with zero attached hydrogens (tertiary/aromatic N) is 4. The van der Waals surface area contributed by atoms with Crippen molar-refractivity contribution in [1.82, 2.24) is 0 Å². The molecule has 6 nitrogen and oxygen atoms in total. The van der Waals surface area contributed by atoms with E-state index in [9.17, 15) is 15.4 Å². The number of rotatable bonds is 8. The van der Waals surface area contributed by atoms with Gasteiger partial charge in [-0.2, -0.15) is 5.26 Å². The van der Waals surface area contributed by atoms with Crippen molar-refractivity contribution in [3.05, 3.63) is 93.1 Å². The first-order valence-corrected chi connectivity index (χ1v) is 11.9. The molecule has 0 saturated carbocycles. The van der Waals surface area contributed by atoms with Crippen molar-refractivity contribution in [1.29, 1.82) is 5.26 Å². The molecule has 0 bridgehead atoms. The molecular formula is C29H32N4O2. The average Bonchev–Trinajstić information content (AvgIpc) is 2.83. The molecule has 180 valence electrons. The minimum atomic E-state index is -0.428. The summed E-state index contributed by atoms with van der Waals surface area (Å²) < 4.78 is 0. The number of anilines is 1. The number of aliphatic imine (C=N–C) groups is 1. The first-order valence-electron chi connectivity index (χ1n) is 11.9. The zero-order valence-electron chi connectivity index (χ0n) is 20.9. The quantitative estimate of drug-likeness (QED) is 0.175. The normalized spacial score (nSPS) is 16.7. The lowest BCUT2D eigenvalue weighted by Gasteiger charge is -2.31. The van der Waals surface area contributed by atoms with Crippen LogP contribution in [-0.2, 0) is 0 Å². The number of nitriles is 1. The highest BCUT2D eigenvalue weighted by molar-refractivity contribution is 5.77. The molecule has 6 heteroatoms. The predicted octanol–water partition coefficient (Wildman–Crippen LogP) is 7.42. The van der Waals surface area contributed by atoms with E-state index in [1.165, 1.54) is 17.8 Å². The highest BCUT2D eigenvalue weighted by Crippen LogP contribution is 2.40. The lowest BCUT2D eigenvalue weighted by molar-refractivity contribution is -0.384. The fourth-order valence-electron chi connectivity index (χ4n) is 4.35. The van der Waals surface area contributed by atoms with Crippen LogP contribution in [0.3, 0.4) is 0 Å². The third kappa shape index (κ3) is 7.00. The smallest absolute Gasteiger partial charge is 0.269 e. The zero-order valence-corrected chi connectivity index (χ0v) is 20.9. The number of nitro groups is 1. The lowest BCUT2D eigenvalue weighted by Crippen LogP contribution is -2.21. The van der Waals surface area contributed by atoms with Gasteiger partial charge < -0.3 is 4.90 Å². The Hall–Kier alpha value is -3.98. The van der Waals surface area contributed by atoms with Crippen molar-refractivity contribution < 1.29 is 4.92 Å². The lowest BCUT2D eigenvalue weighted by atomic mass is 9.73. The van der Waals surface area contributed by atoms with E-state index >= 15 is 0 Å². The number of non-ortho nitro benzene ring substituents is 1. The zero-order chi connectivity index (χ0) is 25.4. The van der Waals surface area contributed by atoms with Crippen molar-refractivity contribution in [2.45, 2.75) is 40.5 Å². The topological polar surface area (TPSA) is 82.5 Å². The molecule has 1 aliphatic carbocycles. The maximum Gasteiger partial charge on any atom is 0.269 e. The Balaban J connectivity index is 1.82. The Labute approximate surface area is 207 Å². The fourth-order valence-corrected chi connectivity index (χ4v) is 4.35. The van der Waals surface area contributed by atoms with Gasteiger partial charge in [0.25, 0.3) is 5.69 Å². The molecule has 0 aromatic heterocycles. The molecule has 0 heterocycles. The van der Waals surface area contributed by atoms with E-state index in [2.05, 4.69) is 61.9 Å². The van der Waals surface area contributed by atoms with E-state index in [-0.39, 0.29) is 11.1 Å². The molecule has 0 spiro atoms. The van der Waals surface area contributed by atoms with Crippen LogP contribution in [0, 0.1) is 26.9 Å². The van der Waals surface area contributed by atoms with Crippen molar-refractivity contribution in [2.24, 2.45) is 10.4 Å². The van der Waals surface area contributed by atoms with Gasteiger partial charge in [-0.25, -0.2) is 0 Å². The van der Waals surface area contributed by atoms with E-state index < -0.39 is 4.92 Å². The highest BCUT2D eigenvalue weighted by Gasteiger charge is 2.27. The molecule has 0 saturated heterocycles. The van der Waals surface area contributed by atoms with E-state index in [1.54, 1.807) is 18.2 Å². The van der Waals surface area contributed by atoms with Gasteiger partial charge in [0.15, 0.2) is 0 Å². The largest absolute Gasteiger partial charge is 0.372 e. The number of benzene rings is 2. The number of hydrogen-bond donors (Lipinski definition) is 0. The number of allylic oxidation sites excluding steroid dienone is 5. The van der Waals surface area contributed by atoms with Crippen LogP contribution in [0.4, 0.5) is 17.1 Å². The summed E-state index contributed by atoms with van der Waals surface area (Å²) in [5.74, 6) is 0. The molecule has 0 N–H and O–H groups in total. The molecule has 2 aromatic carbocycles. The second-order valence-electron chi connectivity index (χ2n) is 9.41. The van der Waals surface area contributed by atoms with Crippen LogP contribution < -0.4 is 4.90 Å². The van der Waals surface area contributed by atoms with Gasteiger partial charge in [0.05, 0.1) is 22.3 Å². The van der Waals surface area contributed by atoms with Gasteiger partial charge in [0.2, 0.25) is 0 Å². The van der Waals surface area contributed by atoms with Gasteiger partial charge in [-0.1, -0.05) is 19.9 Å². The van der Waals surface area contributed by atoms with Crippen LogP contribution in [0.1, 0.15) is 46.1 Å². The minimum absolute atomic E-state index is 0.000579. The van der Waals surface area contributed by atoms with Crippen LogP contribution in [0.25, 0.3) is 6.08 Å². The third-order valence-corrected chi connectivity index (χ3v) is 6.08. The van der Waals surface area contributed by atoms with Gasteiger partial charge in [-0.3, -0.25) is 15.1 Å². The van der Waals surface area contributed by atoms with Gasteiger partial charge in [0, 0.05) is 37.1 Å². The molecule has 0 radical (unpaired) electrons. The summed E-state index contributed by atoms with van der Waals surface area (Å²) >= 11 is 0. The van der Waals surface area contributed by atoms with Crippen LogP contribution in [-0.4, -0.2) is 24.2 Å². The van der Waals surface area contributed by atoms with E-state index in [4.69, 9.17) is 0 Å². The molecule has 0 amide bonds. The summed E-state index contributed by atoms with van der Waals surface area (Å²) in [6.45, 7) is 10.6. The molecule has 0 fully saturated rings. The first kappa shape index (κ1) is 25.6. The van der Waals surface area contributed by atoms with Crippen LogP contribution in [0.15, 0.2) is 82.4 Å². The van der Waals surface area contributed by atoms with Gasteiger partial charge >= 0.3 is 0 Å². The van der Waals surface area contributed by atoms with E-state index in [1.807, 2.05) is 24.4 Å². The van der Waals surface area contributed by atoms with Gasteiger partial charge in [-0.15, -0.1) is 0 Å². The third-order valence-electron chi connectivity index (χ3n) is 6.08. The summed E-state index contributed by atoms with van der Waals surface area (Å²) in [4.78, 5) is 17.4. The molecule has 2 aromatic rings. The number of hydrogen-bond acceptors (Lipinski definition) is 5. The van der Waals surface area contributed by atoms with Gasteiger partial charge in [-0.05, 0) is 97.4 Å². The summed E-state index contributed by atoms with van der Waals surface area (Å²) in [6, 6.07) is 16.8. The average molecular weight is 469 g/mol. The Morgan fingerprint density at radius 3 is 2.34 bits per heavy atom.